The second-order valence-corrected chi connectivity index (χ2v) is 3.54. The molecule has 1 aromatic carbocycles. The molecule has 0 radical (unpaired) electrons. The van der Waals surface area contributed by atoms with E-state index in [1.807, 2.05) is 30.3 Å². The average molecular weight is 216 g/mol. The highest BCUT2D eigenvalue weighted by molar-refractivity contribution is 5.90. The molecule has 1 heterocycles. The number of hydrogen-bond donors (Lipinski definition) is 1. The third-order valence-corrected chi connectivity index (χ3v) is 2.10. The van der Waals surface area contributed by atoms with Gasteiger partial charge in [-0.15, -0.1) is 0 Å². The summed E-state index contributed by atoms with van der Waals surface area (Å²) in [4.78, 5) is 11.6. The number of nitrogens with zero attached hydrogens (tertiary/aromatic N) is 1. The highest BCUT2D eigenvalue weighted by Crippen LogP contribution is 2.09. The third kappa shape index (κ3) is 2.70. The number of carbonyl (C=O) groups excluding carboxylic acids is 1. The monoisotopic (exact) mass is 216 g/mol. The van der Waals surface area contributed by atoms with E-state index < -0.39 is 0 Å². The molecule has 0 spiro atoms. The molecule has 0 unspecified atom stereocenters. The number of carbonyl (C=O) groups is 1. The summed E-state index contributed by atoms with van der Waals surface area (Å²) in [5, 5.41) is 6.33. The molecule has 0 fully saturated rings. The van der Waals surface area contributed by atoms with Crippen LogP contribution in [0.5, 0.6) is 0 Å². The molecule has 0 aliphatic heterocycles. The van der Waals surface area contributed by atoms with Crippen LogP contribution in [0.25, 0.3) is 0 Å². The van der Waals surface area contributed by atoms with Crippen molar-refractivity contribution in [3.63, 3.8) is 0 Å². The summed E-state index contributed by atoms with van der Waals surface area (Å²) in [6.07, 6.45) is 0.334. The molecule has 0 aliphatic carbocycles. The van der Waals surface area contributed by atoms with E-state index in [0.717, 1.165) is 11.3 Å². The van der Waals surface area contributed by atoms with Crippen LogP contribution in [0.3, 0.4) is 0 Å². The number of benzene rings is 1. The minimum Gasteiger partial charge on any atom is -0.338 e. The van der Waals surface area contributed by atoms with Crippen LogP contribution in [-0.4, -0.2) is 11.1 Å². The van der Waals surface area contributed by atoms with E-state index in [4.69, 9.17) is 4.52 Å². The van der Waals surface area contributed by atoms with Crippen LogP contribution in [0.2, 0.25) is 0 Å². The topological polar surface area (TPSA) is 55.1 Å². The Bertz CT molecular complexity index is 477. The van der Waals surface area contributed by atoms with Gasteiger partial charge in [0.1, 0.15) is 0 Å². The fraction of sp³-hybridized carbons (Fsp3) is 0.167. The molecule has 82 valence electrons. The quantitative estimate of drug-likeness (QED) is 0.855. The Morgan fingerprint density at radius 3 is 2.75 bits per heavy atom. The SMILES string of the molecule is Cc1cc(NC(=O)Cc2ccccc2)on1. The molecule has 1 N–H and O–H groups in total. The zero-order valence-electron chi connectivity index (χ0n) is 8.93. The standard InChI is InChI=1S/C12H12N2O2/c1-9-7-12(16-14-9)13-11(15)8-10-5-3-2-4-6-10/h2-7H,8H2,1H3,(H,13,15). The minimum atomic E-state index is -0.109. The van der Waals surface area contributed by atoms with E-state index in [1.54, 1.807) is 13.0 Å². The van der Waals surface area contributed by atoms with Gasteiger partial charge in [0, 0.05) is 6.07 Å². The van der Waals surface area contributed by atoms with Gasteiger partial charge in [-0.2, -0.15) is 0 Å². The van der Waals surface area contributed by atoms with Crippen LogP contribution >= 0.6 is 0 Å². The Hall–Kier alpha value is -2.10. The van der Waals surface area contributed by atoms with Crippen molar-refractivity contribution in [3.05, 3.63) is 47.7 Å². The van der Waals surface area contributed by atoms with Crippen molar-refractivity contribution in [1.82, 2.24) is 5.16 Å². The molecule has 4 nitrogen and oxygen atoms in total. The largest absolute Gasteiger partial charge is 0.338 e. The fourth-order valence-electron chi connectivity index (χ4n) is 1.39. The smallest absolute Gasteiger partial charge is 0.231 e. The Kier molecular flexibility index (Phi) is 3.00. The first-order valence-corrected chi connectivity index (χ1v) is 5.01. The third-order valence-electron chi connectivity index (χ3n) is 2.10. The Balaban J connectivity index is 1.95. The summed E-state index contributed by atoms with van der Waals surface area (Å²) >= 11 is 0. The number of hydrogen-bond acceptors (Lipinski definition) is 3. The molecule has 0 aliphatic rings. The van der Waals surface area contributed by atoms with Crippen molar-refractivity contribution in [2.24, 2.45) is 0 Å². The van der Waals surface area contributed by atoms with E-state index in [2.05, 4.69) is 10.5 Å². The molecule has 0 atom stereocenters. The number of nitrogens with one attached hydrogen (secondary N) is 1. The highest BCUT2D eigenvalue weighted by Gasteiger charge is 2.06. The molecule has 0 saturated carbocycles. The number of rotatable bonds is 3. The van der Waals surface area contributed by atoms with Crippen molar-refractivity contribution >= 4 is 11.8 Å². The van der Waals surface area contributed by atoms with Crippen molar-refractivity contribution in [2.45, 2.75) is 13.3 Å². The van der Waals surface area contributed by atoms with Crippen molar-refractivity contribution in [2.75, 3.05) is 5.32 Å². The van der Waals surface area contributed by atoms with Crippen molar-refractivity contribution in [1.29, 1.82) is 0 Å². The van der Waals surface area contributed by atoms with E-state index >= 15 is 0 Å². The van der Waals surface area contributed by atoms with Gasteiger partial charge in [-0.1, -0.05) is 35.5 Å². The lowest BCUT2D eigenvalue weighted by atomic mass is 10.1. The first-order chi connectivity index (χ1) is 7.74. The lowest BCUT2D eigenvalue weighted by Gasteiger charge is -2.00. The summed E-state index contributed by atoms with van der Waals surface area (Å²) < 4.78 is 4.89. The molecular formula is C12H12N2O2. The maximum atomic E-state index is 11.6. The predicted octanol–water partition coefficient (Wildman–Crippen LogP) is 2.16. The molecule has 16 heavy (non-hydrogen) atoms. The van der Waals surface area contributed by atoms with Gasteiger partial charge in [-0.3, -0.25) is 10.1 Å². The average Bonchev–Trinajstić information content (AvgIpc) is 2.65. The van der Waals surface area contributed by atoms with Gasteiger partial charge in [-0.05, 0) is 12.5 Å². The first kappa shape index (κ1) is 10.4. The van der Waals surface area contributed by atoms with E-state index in [0.29, 0.717) is 12.3 Å². The fourth-order valence-corrected chi connectivity index (χ4v) is 1.39. The van der Waals surface area contributed by atoms with Crippen LogP contribution in [0, 0.1) is 6.92 Å². The summed E-state index contributed by atoms with van der Waals surface area (Å²) in [5.41, 5.74) is 1.71. The highest BCUT2D eigenvalue weighted by atomic mass is 16.5. The van der Waals surface area contributed by atoms with Gasteiger partial charge in [0.2, 0.25) is 11.8 Å². The predicted molar refractivity (Wildman–Crippen MR) is 60.0 cm³/mol. The second kappa shape index (κ2) is 4.61. The number of aromatic nitrogens is 1. The van der Waals surface area contributed by atoms with Gasteiger partial charge in [0.25, 0.3) is 0 Å². The van der Waals surface area contributed by atoms with Crippen molar-refractivity contribution < 1.29 is 9.32 Å². The van der Waals surface area contributed by atoms with E-state index in [1.165, 1.54) is 0 Å². The Labute approximate surface area is 93.3 Å². The molecule has 0 bridgehead atoms. The van der Waals surface area contributed by atoms with E-state index in [-0.39, 0.29) is 5.91 Å². The number of anilines is 1. The minimum absolute atomic E-state index is 0.109. The number of amides is 1. The summed E-state index contributed by atoms with van der Waals surface area (Å²) in [7, 11) is 0. The zero-order valence-corrected chi connectivity index (χ0v) is 8.93. The van der Waals surface area contributed by atoms with Crippen LogP contribution in [-0.2, 0) is 11.2 Å². The molecular weight excluding hydrogens is 204 g/mol. The van der Waals surface area contributed by atoms with Crippen LogP contribution in [0.4, 0.5) is 5.88 Å². The van der Waals surface area contributed by atoms with Gasteiger partial charge in [0.05, 0.1) is 12.1 Å². The summed E-state index contributed by atoms with van der Waals surface area (Å²) in [6.45, 7) is 1.80. The van der Waals surface area contributed by atoms with Gasteiger partial charge >= 0.3 is 0 Å². The molecule has 2 rings (SSSR count). The zero-order chi connectivity index (χ0) is 11.4. The van der Waals surface area contributed by atoms with Crippen LogP contribution < -0.4 is 5.32 Å². The summed E-state index contributed by atoms with van der Waals surface area (Å²) in [5.74, 6) is 0.279. The first-order valence-electron chi connectivity index (χ1n) is 5.01. The van der Waals surface area contributed by atoms with Crippen LogP contribution in [0.1, 0.15) is 11.3 Å². The maximum Gasteiger partial charge on any atom is 0.231 e. The second-order valence-electron chi connectivity index (χ2n) is 3.54. The molecule has 1 amide bonds. The van der Waals surface area contributed by atoms with E-state index in [9.17, 15) is 4.79 Å². The molecule has 1 aromatic heterocycles. The molecule has 0 saturated heterocycles. The van der Waals surface area contributed by atoms with Gasteiger partial charge < -0.3 is 4.52 Å². The van der Waals surface area contributed by atoms with Gasteiger partial charge in [0.15, 0.2) is 0 Å². The van der Waals surface area contributed by atoms with Crippen LogP contribution in [0.15, 0.2) is 40.9 Å². The van der Waals surface area contributed by atoms with Crippen molar-refractivity contribution in [3.8, 4) is 0 Å². The maximum absolute atomic E-state index is 11.6. The Morgan fingerprint density at radius 2 is 2.12 bits per heavy atom. The lowest BCUT2D eigenvalue weighted by molar-refractivity contribution is -0.115. The number of aryl methyl sites for hydroxylation is 1. The Morgan fingerprint density at radius 1 is 1.38 bits per heavy atom. The van der Waals surface area contributed by atoms with Gasteiger partial charge in [-0.25, -0.2) is 0 Å². The lowest BCUT2D eigenvalue weighted by Crippen LogP contribution is -2.13. The normalized spacial score (nSPS) is 10.1. The summed E-state index contributed by atoms with van der Waals surface area (Å²) in [6, 6.07) is 11.2. The molecule has 2 aromatic rings. The molecule has 4 heteroatoms.